The number of rotatable bonds is 3. The van der Waals surface area contributed by atoms with Crippen molar-refractivity contribution in [3.63, 3.8) is 0 Å². The van der Waals surface area contributed by atoms with Crippen LogP contribution in [0.3, 0.4) is 0 Å². The molecular formula is C21H23NO. The predicted molar refractivity (Wildman–Crippen MR) is 95.9 cm³/mol. The fraction of sp³-hybridized carbons (Fsp3) is 0.381. The molecule has 1 aliphatic carbocycles. The molecule has 1 heterocycles. The maximum atomic E-state index is 12.9. The number of fused-ring (bicyclic) bond motifs is 3. The van der Waals surface area contributed by atoms with Crippen molar-refractivity contribution in [2.75, 3.05) is 0 Å². The molecule has 0 amide bonds. The molecule has 0 atom stereocenters. The number of hydrogen-bond acceptors (Lipinski definition) is 1. The zero-order valence-electron chi connectivity index (χ0n) is 13.5. The lowest BCUT2D eigenvalue weighted by Gasteiger charge is -2.21. The van der Waals surface area contributed by atoms with Gasteiger partial charge in [0.15, 0.2) is 0 Å². The number of carbonyl (C=O) groups is 1. The van der Waals surface area contributed by atoms with Gasteiger partial charge < -0.3 is 0 Å². The zero-order chi connectivity index (χ0) is 15.6. The summed E-state index contributed by atoms with van der Waals surface area (Å²) in [5, 5.41) is 2.35. The fourth-order valence-corrected chi connectivity index (χ4v) is 4.11. The van der Waals surface area contributed by atoms with Crippen LogP contribution < -0.4 is 0 Å². The van der Waals surface area contributed by atoms with E-state index >= 15 is 0 Å². The van der Waals surface area contributed by atoms with Crippen molar-refractivity contribution in [2.24, 2.45) is 5.92 Å². The minimum Gasteiger partial charge on any atom is -0.280 e. The monoisotopic (exact) mass is 305 g/mol. The van der Waals surface area contributed by atoms with Gasteiger partial charge in [-0.2, -0.15) is 0 Å². The standard InChI is InChI=1S/C21H23NO/c23-21(15-14-16-8-2-1-3-9-16)22-19-12-6-4-10-17(19)18-11-5-7-13-20(18)22/h4-7,10-13,16H,1-3,8-9,14-15H2. The molecule has 1 saturated carbocycles. The van der Waals surface area contributed by atoms with Crippen molar-refractivity contribution >= 4 is 27.7 Å². The van der Waals surface area contributed by atoms with Crippen LogP contribution in [0.1, 0.15) is 49.7 Å². The van der Waals surface area contributed by atoms with Crippen LogP contribution in [-0.2, 0) is 0 Å². The predicted octanol–water partition coefficient (Wildman–Crippen LogP) is 5.80. The second-order valence-electron chi connectivity index (χ2n) is 6.81. The third kappa shape index (κ3) is 2.67. The van der Waals surface area contributed by atoms with E-state index in [0.717, 1.165) is 23.4 Å². The van der Waals surface area contributed by atoms with Crippen molar-refractivity contribution in [1.82, 2.24) is 4.57 Å². The lowest BCUT2D eigenvalue weighted by molar-refractivity contribution is 0.0900. The van der Waals surface area contributed by atoms with Crippen molar-refractivity contribution in [3.8, 4) is 0 Å². The van der Waals surface area contributed by atoms with Crippen LogP contribution in [0.25, 0.3) is 21.8 Å². The Kier molecular flexibility index (Phi) is 3.90. The first-order valence-corrected chi connectivity index (χ1v) is 8.86. The summed E-state index contributed by atoms with van der Waals surface area (Å²) >= 11 is 0. The molecule has 2 aromatic carbocycles. The maximum absolute atomic E-state index is 12.9. The quantitative estimate of drug-likeness (QED) is 0.600. The number of carbonyl (C=O) groups excluding carboxylic acids is 1. The van der Waals surface area contributed by atoms with Crippen molar-refractivity contribution in [2.45, 2.75) is 44.9 Å². The summed E-state index contributed by atoms with van der Waals surface area (Å²) in [4.78, 5) is 12.9. The third-order valence-corrected chi connectivity index (χ3v) is 5.32. The lowest BCUT2D eigenvalue weighted by atomic mass is 9.86. The van der Waals surface area contributed by atoms with Gasteiger partial charge in [0.2, 0.25) is 5.91 Å². The molecule has 0 saturated heterocycles. The summed E-state index contributed by atoms with van der Waals surface area (Å²) in [5.74, 6) is 0.994. The normalized spacial score (nSPS) is 16.2. The highest BCUT2D eigenvalue weighted by molar-refractivity contribution is 6.13. The number of hydrogen-bond donors (Lipinski definition) is 0. The van der Waals surface area contributed by atoms with E-state index in [1.165, 1.54) is 42.9 Å². The van der Waals surface area contributed by atoms with Gasteiger partial charge in [-0.1, -0.05) is 68.5 Å². The average Bonchev–Trinajstić information content (AvgIpc) is 2.95. The summed E-state index contributed by atoms with van der Waals surface area (Å²) < 4.78 is 1.94. The molecule has 0 spiro atoms. The summed E-state index contributed by atoms with van der Waals surface area (Å²) in [7, 11) is 0. The first-order chi connectivity index (χ1) is 11.3. The van der Waals surface area contributed by atoms with Crippen LogP contribution in [0.4, 0.5) is 0 Å². The van der Waals surface area contributed by atoms with E-state index in [2.05, 4.69) is 24.3 Å². The Bertz CT molecular complexity index is 786. The lowest BCUT2D eigenvalue weighted by Crippen LogP contribution is -2.14. The van der Waals surface area contributed by atoms with Gasteiger partial charge in [-0.3, -0.25) is 9.36 Å². The Hall–Kier alpha value is -2.09. The molecule has 0 unspecified atom stereocenters. The molecule has 1 aromatic heterocycles. The Morgan fingerprint density at radius 3 is 2.04 bits per heavy atom. The second-order valence-corrected chi connectivity index (χ2v) is 6.81. The topological polar surface area (TPSA) is 22.0 Å². The molecule has 4 rings (SSSR count). The van der Waals surface area contributed by atoms with Gasteiger partial charge in [-0.25, -0.2) is 0 Å². The van der Waals surface area contributed by atoms with E-state index in [9.17, 15) is 4.79 Å². The Morgan fingerprint density at radius 2 is 1.43 bits per heavy atom. The van der Waals surface area contributed by atoms with Gasteiger partial charge in [-0.05, 0) is 24.5 Å². The van der Waals surface area contributed by atoms with Gasteiger partial charge in [-0.15, -0.1) is 0 Å². The Balaban J connectivity index is 1.67. The molecule has 0 bridgehead atoms. The second kappa shape index (κ2) is 6.19. The minimum absolute atomic E-state index is 0.243. The number of benzene rings is 2. The van der Waals surface area contributed by atoms with Crippen LogP contribution in [0.2, 0.25) is 0 Å². The van der Waals surface area contributed by atoms with E-state index in [1.807, 2.05) is 28.8 Å². The van der Waals surface area contributed by atoms with Crippen molar-refractivity contribution in [3.05, 3.63) is 48.5 Å². The van der Waals surface area contributed by atoms with Crippen LogP contribution in [0.5, 0.6) is 0 Å². The maximum Gasteiger partial charge on any atom is 0.231 e. The average molecular weight is 305 g/mol. The molecule has 1 fully saturated rings. The van der Waals surface area contributed by atoms with Gasteiger partial charge in [0.25, 0.3) is 0 Å². The molecule has 0 radical (unpaired) electrons. The molecule has 3 aromatic rings. The molecule has 0 aliphatic heterocycles. The summed E-state index contributed by atoms with van der Waals surface area (Å²) in [6.07, 6.45) is 8.37. The third-order valence-electron chi connectivity index (χ3n) is 5.32. The molecule has 118 valence electrons. The summed E-state index contributed by atoms with van der Waals surface area (Å²) in [6.45, 7) is 0. The Morgan fingerprint density at radius 1 is 0.870 bits per heavy atom. The van der Waals surface area contributed by atoms with Gasteiger partial charge in [0.05, 0.1) is 11.0 Å². The first kappa shape index (κ1) is 14.5. The van der Waals surface area contributed by atoms with Gasteiger partial charge in [0, 0.05) is 17.2 Å². The summed E-state index contributed by atoms with van der Waals surface area (Å²) in [5.41, 5.74) is 2.09. The van der Waals surface area contributed by atoms with Crippen molar-refractivity contribution < 1.29 is 4.79 Å². The summed E-state index contributed by atoms with van der Waals surface area (Å²) in [6, 6.07) is 16.5. The highest BCUT2D eigenvalue weighted by Crippen LogP contribution is 2.31. The number of aromatic nitrogens is 1. The first-order valence-electron chi connectivity index (χ1n) is 8.86. The smallest absolute Gasteiger partial charge is 0.231 e. The highest BCUT2D eigenvalue weighted by Gasteiger charge is 2.18. The van der Waals surface area contributed by atoms with Crippen LogP contribution in [0, 0.1) is 5.92 Å². The fourth-order valence-electron chi connectivity index (χ4n) is 4.11. The van der Waals surface area contributed by atoms with E-state index in [4.69, 9.17) is 0 Å². The van der Waals surface area contributed by atoms with Crippen LogP contribution in [-0.4, -0.2) is 10.5 Å². The molecule has 2 nitrogen and oxygen atoms in total. The Labute approximate surface area is 137 Å². The minimum atomic E-state index is 0.243. The van der Waals surface area contributed by atoms with E-state index in [1.54, 1.807) is 0 Å². The van der Waals surface area contributed by atoms with E-state index in [0.29, 0.717) is 6.42 Å². The van der Waals surface area contributed by atoms with Crippen LogP contribution in [0.15, 0.2) is 48.5 Å². The van der Waals surface area contributed by atoms with E-state index < -0.39 is 0 Å². The molecule has 0 N–H and O–H groups in total. The van der Waals surface area contributed by atoms with Gasteiger partial charge >= 0.3 is 0 Å². The molecule has 2 heteroatoms. The number of nitrogens with zero attached hydrogens (tertiary/aromatic N) is 1. The van der Waals surface area contributed by atoms with E-state index in [-0.39, 0.29) is 5.91 Å². The largest absolute Gasteiger partial charge is 0.280 e. The van der Waals surface area contributed by atoms with Crippen molar-refractivity contribution in [1.29, 1.82) is 0 Å². The zero-order valence-corrected chi connectivity index (χ0v) is 13.5. The molecule has 23 heavy (non-hydrogen) atoms. The number of para-hydroxylation sites is 2. The van der Waals surface area contributed by atoms with Gasteiger partial charge in [0.1, 0.15) is 0 Å². The molecule has 1 aliphatic rings. The SMILES string of the molecule is O=C(CCC1CCCCC1)n1c2ccccc2c2ccccc21. The highest BCUT2D eigenvalue weighted by atomic mass is 16.2. The van der Waals surface area contributed by atoms with Crippen LogP contribution >= 0.6 is 0 Å². The molecular weight excluding hydrogens is 282 g/mol.